The van der Waals surface area contributed by atoms with Gasteiger partial charge in [-0.3, -0.25) is 9.78 Å². The number of esters is 1. The van der Waals surface area contributed by atoms with Gasteiger partial charge in [0, 0.05) is 11.6 Å². The average molecular weight is 547 g/mol. The molecule has 4 rings (SSSR count). The summed E-state index contributed by atoms with van der Waals surface area (Å²) >= 11 is 11.9. The topological polar surface area (TPSA) is 72.2 Å². The number of pyridine rings is 1. The molecule has 4 aromatic rings. The Hall–Kier alpha value is -3.59. The van der Waals surface area contributed by atoms with Gasteiger partial charge in [0.1, 0.15) is 15.9 Å². The number of halogens is 2. The van der Waals surface area contributed by atoms with Gasteiger partial charge < -0.3 is 9.47 Å². The third-order valence-corrected chi connectivity index (χ3v) is 6.87. The second-order valence-electron chi connectivity index (χ2n) is 9.44. The van der Waals surface area contributed by atoms with Crippen molar-refractivity contribution in [2.45, 2.75) is 33.0 Å². The third-order valence-electron chi connectivity index (χ3n) is 6.62. The molecule has 1 aromatic heterocycles. The van der Waals surface area contributed by atoms with Crippen molar-refractivity contribution in [2.24, 2.45) is 17.8 Å². The van der Waals surface area contributed by atoms with Crippen LogP contribution in [0.4, 0.5) is 0 Å². The van der Waals surface area contributed by atoms with Crippen molar-refractivity contribution in [1.29, 1.82) is 5.26 Å². The molecule has 0 bridgehead atoms. The van der Waals surface area contributed by atoms with Gasteiger partial charge in [-0.2, -0.15) is 5.26 Å². The molecule has 0 saturated carbocycles. The smallest absolute Gasteiger partial charge is 0.390 e. The third kappa shape index (κ3) is 5.78. The maximum Gasteiger partial charge on any atom is 0.390 e. The molecule has 0 amide bonds. The number of aromatic nitrogens is 1. The zero-order chi connectivity index (χ0) is 27.3. The summed E-state index contributed by atoms with van der Waals surface area (Å²) in [6.07, 6.45) is 3.81. The molecule has 0 aliphatic carbocycles. The Morgan fingerprint density at radius 2 is 1.71 bits per heavy atom. The number of nitrogens with zero attached hydrogens (tertiary/aromatic N) is 2. The van der Waals surface area contributed by atoms with E-state index in [9.17, 15) is 10.1 Å². The SMILES string of the molecule is CCC(C=C(Cl)Cl)C(C(=O)OC(C#N)(Oc1ccc2ccccc2c1)c1nccc2ccccc12)C(C)C. The normalized spacial score (nSPS) is 14.3. The predicted molar refractivity (Wildman–Crippen MR) is 152 cm³/mol. The molecular formula is C31H28Cl2N2O3. The van der Waals surface area contributed by atoms with E-state index in [4.69, 9.17) is 32.7 Å². The first-order chi connectivity index (χ1) is 18.3. The van der Waals surface area contributed by atoms with Crippen LogP contribution in [-0.4, -0.2) is 11.0 Å². The average Bonchev–Trinajstić information content (AvgIpc) is 2.91. The standard InChI is InChI=1S/C31H28Cl2N2O3/c1-4-21(18-27(32)33)28(20(2)3)30(36)38-31(19-34,29-26-12-8-7-10-23(26)15-16-35-29)37-25-14-13-22-9-5-6-11-24(22)17-25/h5-18,20-21,28H,4H2,1-3H3. The van der Waals surface area contributed by atoms with Gasteiger partial charge in [-0.05, 0) is 52.6 Å². The number of allylic oxidation sites excluding steroid dienone is 1. The molecule has 3 unspecified atom stereocenters. The Labute approximate surface area is 232 Å². The van der Waals surface area contributed by atoms with Gasteiger partial charge in [-0.25, -0.2) is 0 Å². The van der Waals surface area contributed by atoms with Crippen molar-refractivity contribution < 1.29 is 14.3 Å². The summed E-state index contributed by atoms with van der Waals surface area (Å²) in [6, 6.07) is 24.7. The second kappa shape index (κ2) is 11.9. The molecule has 0 aliphatic heterocycles. The predicted octanol–water partition coefficient (Wildman–Crippen LogP) is 8.30. The number of hydrogen-bond donors (Lipinski definition) is 0. The Bertz CT molecular complexity index is 1520. The number of nitriles is 1. The fourth-order valence-electron chi connectivity index (χ4n) is 4.78. The van der Waals surface area contributed by atoms with E-state index in [1.54, 1.807) is 18.3 Å². The van der Waals surface area contributed by atoms with Gasteiger partial charge in [0.05, 0.1) is 5.92 Å². The number of ether oxygens (including phenoxy) is 2. The molecule has 0 spiro atoms. The van der Waals surface area contributed by atoms with Gasteiger partial charge in [-0.1, -0.05) is 105 Å². The number of carbonyl (C=O) groups excluding carboxylic acids is 1. The molecule has 0 radical (unpaired) electrons. The Balaban J connectivity index is 1.86. The molecule has 7 heteroatoms. The molecule has 3 atom stereocenters. The number of rotatable bonds is 9. The van der Waals surface area contributed by atoms with E-state index >= 15 is 0 Å². The van der Waals surface area contributed by atoms with Crippen molar-refractivity contribution in [1.82, 2.24) is 4.98 Å². The Morgan fingerprint density at radius 3 is 2.37 bits per heavy atom. The van der Waals surface area contributed by atoms with Gasteiger partial charge in [-0.15, -0.1) is 0 Å². The van der Waals surface area contributed by atoms with Crippen LogP contribution in [0.5, 0.6) is 5.75 Å². The first-order valence-electron chi connectivity index (χ1n) is 12.5. The van der Waals surface area contributed by atoms with Crippen LogP contribution in [0.25, 0.3) is 21.5 Å². The summed E-state index contributed by atoms with van der Waals surface area (Å²) < 4.78 is 12.5. The minimum atomic E-state index is -2.15. The zero-order valence-corrected chi connectivity index (χ0v) is 22.9. The van der Waals surface area contributed by atoms with Crippen LogP contribution < -0.4 is 4.74 Å². The van der Waals surface area contributed by atoms with Gasteiger partial charge >= 0.3 is 11.8 Å². The highest BCUT2D eigenvalue weighted by Crippen LogP contribution is 2.37. The van der Waals surface area contributed by atoms with Crippen LogP contribution in [0.3, 0.4) is 0 Å². The minimum Gasteiger partial charge on any atom is -0.436 e. The number of carbonyl (C=O) groups is 1. The van der Waals surface area contributed by atoms with Crippen molar-refractivity contribution in [3.63, 3.8) is 0 Å². The fraction of sp³-hybridized carbons (Fsp3) is 0.258. The lowest BCUT2D eigenvalue weighted by atomic mass is 9.82. The lowest BCUT2D eigenvalue weighted by Gasteiger charge is -2.32. The molecule has 5 nitrogen and oxygen atoms in total. The second-order valence-corrected chi connectivity index (χ2v) is 10.4. The summed E-state index contributed by atoms with van der Waals surface area (Å²) in [4.78, 5) is 18.4. The number of hydrogen-bond acceptors (Lipinski definition) is 5. The van der Waals surface area contributed by atoms with E-state index in [2.05, 4.69) is 11.1 Å². The molecule has 1 heterocycles. The van der Waals surface area contributed by atoms with Crippen LogP contribution >= 0.6 is 23.2 Å². The molecule has 0 N–H and O–H groups in total. The van der Waals surface area contributed by atoms with Crippen LogP contribution in [-0.2, 0) is 15.3 Å². The quantitative estimate of drug-likeness (QED) is 0.156. The Morgan fingerprint density at radius 1 is 1.03 bits per heavy atom. The number of fused-ring (bicyclic) bond motifs is 2. The maximum absolute atomic E-state index is 13.9. The molecular weight excluding hydrogens is 519 g/mol. The van der Waals surface area contributed by atoms with Crippen molar-refractivity contribution >= 4 is 50.7 Å². The summed E-state index contributed by atoms with van der Waals surface area (Å²) in [6.45, 7) is 5.77. The zero-order valence-electron chi connectivity index (χ0n) is 21.4. The van der Waals surface area contributed by atoms with Crippen LogP contribution in [0, 0.1) is 29.1 Å². The summed E-state index contributed by atoms with van der Waals surface area (Å²) in [7, 11) is 0. The first-order valence-corrected chi connectivity index (χ1v) is 13.2. The number of benzene rings is 3. The molecule has 194 valence electrons. The summed E-state index contributed by atoms with van der Waals surface area (Å²) in [5.41, 5.74) is 0.195. The van der Waals surface area contributed by atoms with Crippen LogP contribution in [0.15, 0.2) is 89.6 Å². The van der Waals surface area contributed by atoms with Crippen LogP contribution in [0.1, 0.15) is 32.9 Å². The van der Waals surface area contributed by atoms with E-state index < -0.39 is 17.7 Å². The van der Waals surface area contributed by atoms with E-state index in [1.807, 2.05) is 87.5 Å². The van der Waals surface area contributed by atoms with Crippen molar-refractivity contribution in [3.8, 4) is 11.8 Å². The summed E-state index contributed by atoms with van der Waals surface area (Å²) in [5.74, 6) is -3.45. The van der Waals surface area contributed by atoms with Gasteiger partial charge in [0.2, 0.25) is 0 Å². The lowest BCUT2D eigenvalue weighted by Crippen LogP contribution is -2.42. The van der Waals surface area contributed by atoms with E-state index in [-0.39, 0.29) is 22.0 Å². The molecule has 3 aromatic carbocycles. The molecule has 0 saturated heterocycles. The van der Waals surface area contributed by atoms with Gasteiger partial charge in [0.15, 0.2) is 6.07 Å². The first kappa shape index (κ1) is 27.4. The molecule has 0 fully saturated rings. The Kier molecular flexibility index (Phi) is 8.56. The largest absolute Gasteiger partial charge is 0.436 e. The van der Waals surface area contributed by atoms with Gasteiger partial charge in [0.25, 0.3) is 0 Å². The maximum atomic E-state index is 13.9. The highest BCUT2D eigenvalue weighted by Gasteiger charge is 2.46. The van der Waals surface area contributed by atoms with Crippen molar-refractivity contribution in [3.05, 3.63) is 95.3 Å². The monoisotopic (exact) mass is 546 g/mol. The molecule has 38 heavy (non-hydrogen) atoms. The minimum absolute atomic E-state index is 0.0741. The lowest BCUT2D eigenvalue weighted by molar-refractivity contribution is -0.192. The van der Waals surface area contributed by atoms with Crippen molar-refractivity contribution in [2.75, 3.05) is 0 Å². The molecule has 0 aliphatic rings. The fourth-order valence-corrected chi connectivity index (χ4v) is 5.11. The highest BCUT2D eigenvalue weighted by atomic mass is 35.5. The van der Waals surface area contributed by atoms with E-state index in [0.717, 1.165) is 16.2 Å². The van der Waals surface area contributed by atoms with E-state index in [0.29, 0.717) is 17.6 Å². The highest BCUT2D eigenvalue weighted by molar-refractivity contribution is 6.55. The van der Waals surface area contributed by atoms with E-state index in [1.165, 1.54) is 0 Å². The van der Waals surface area contributed by atoms with Crippen LogP contribution in [0.2, 0.25) is 0 Å². The summed E-state index contributed by atoms with van der Waals surface area (Å²) in [5, 5.41) is 14.0.